The van der Waals surface area contributed by atoms with Gasteiger partial charge in [-0.3, -0.25) is 19.5 Å². The van der Waals surface area contributed by atoms with Crippen LogP contribution in [0, 0.1) is 0 Å². The number of carbonyl (C=O) groups is 2. The van der Waals surface area contributed by atoms with Gasteiger partial charge in [0.2, 0.25) is 17.8 Å². The van der Waals surface area contributed by atoms with Crippen molar-refractivity contribution in [2.45, 2.75) is 18.9 Å². The molecule has 1 unspecified atom stereocenters. The van der Waals surface area contributed by atoms with Crippen molar-refractivity contribution in [1.29, 1.82) is 0 Å². The molecule has 1 saturated heterocycles. The van der Waals surface area contributed by atoms with Gasteiger partial charge < -0.3 is 14.4 Å². The summed E-state index contributed by atoms with van der Waals surface area (Å²) in [7, 11) is 1.46. The van der Waals surface area contributed by atoms with E-state index < -0.39 is 0 Å². The minimum Gasteiger partial charge on any atom is -0.376 e. The fourth-order valence-electron chi connectivity index (χ4n) is 3.84. The second-order valence-corrected chi connectivity index (χ2v) is 7.91. The standard InChI is InChI=1S/C25H28N4O4/c1-32-18-24(31)28(15-21-13-8-14-33-21)17-23(30)27-25-26-22(19-9-4-2-5-10-19)16-29(25)20-11-6-3-7-12-20/h2-7,9-12,16,21H,8,13-15,17-18H2,1H3,(H,26,27,30). The number of amides is 2. The lowest BCUT2D eigenvalue weighted by molar-refractivity contribution is -0.139. The van der Waals surface area contributed by atoms with Crippen molar-refractivity contribution in [1.82, 2.24) is 14.5 Å². The number of ether oxygens (including phenoxy) is 2. The van der Waals surface area contributed by atoms with Crippen LogP contribution >= 0.6 is 0 Å². The first kappa shape index (κ1) is 22.7. The fourth-order valence-corrected chi connectivity index (χ4v) is 3.84. The number of imidazole rings is 1. The molecule has 2 heterocycles. The Morgan fingerprint density at radius 1 is 1.15 bits per heavy atom. The average Bonchev–Trinajstić information content (AvgIpc) is 3.50. The predicted octanol–water partition coefficient (Wildman–Crippen LogP) is 3.13. The van der Waals surface area contributed by atoms with E-state index in [2.05, 4.69) is 10.3 Å². The summed E-state index contributed by atoms with van der Waals surface area (Å²) in [5, 5.41) is 2.89. The van der Waals surface area contributed by atoms with Gasteiger partial charge in [-0.25, -0.2) is 4.98 Å². The van der Waals surface area contributed by atoms with Crippen LogP contribution in [0.1, 0.15) is 12.8 Å². The van der Waals surface area contributed by atoms with Crippen molar-refractivity contribution >= 4 is 17.8 Å². The van der Waals surface area contributed by atoms with Crippen LogP contribution in [0.5, 0.6) is 0 Å². The van der Waals surface area contributed by atoms with E-state index in [-0.39, 0.29) is 31.1 Å². The van der Waals surface area contributed by atoms with Crippen LogP contribution in [-0.2, 0) is 19.1 Å². The lowest BCUT2D eigenvalue weighted by Gasteiger charge is -2.24. The number of methoxy groups -OCH3 is 1. The summed E-state index contributed by atoms with van der Waals surface area (Å²) in [4.78, 5) is 31.7. The number of hydrogen-bond donors (Lipinski definition) is 1. The van der Waals surface area contributed by atoms with Gasteiger partial charge in [-0.1, -0.05) is 48.5 Å². The zero-order valence-corrected chi connectivity index (χ0v) is 18.6. The van der Waals surface area contributed by atoms with Gasteiger partial charge in [-0.05, 0) is 25.0 Å². The molecule has 1 aromatic heterocycles. The Hall–Kier alpha value is -3.49. The quantitative estimate of drug-likeness (QED) is 0.544. The molecule has 1 atom stereocenters. The van der Waals surface area contributed by atoms with Crippen LogP contribution in [0.4, 0.5) is 5.95 Å². The van der Waals surface area contributed by atoms with E-state index in [0.717, 1.165) is 29.8 Å². The summed E-state index contributed by atoms with van der Waals surface area (Å²) in [6.45, 7) is 0.846. The molecule has 33 heavy (non-hydrogen) atoms. The zero-order chi connectivity index (χ0) is 23.0. The molecule has 0 radical (unpaired) electrons. The maximum atomic E-state index is 13.0. The Bertz CT molecular complexity index is 1060. The van der Waals surface area contributed by atoms with E-state index in [9.17, 15) is 9.59 Å². The molecule has 1 N–H and O–H groups in total. The van der Waals surface area contributed by atoms with Gasteiger partial charge in [-0.2, -0.15) is 0 Å². The van der Waals surface area contributed by atoms with Crippen molar-refractivity contribution in [3.05, 3.63) is 66.9 Å². The number of anilines is 1. The fraction of sp³-hybridized carbons (Fsp3) is 0.320. The highest BCUT2D eigenvalue weighted by Crippen LogP contribution is 2.24. The van der Waals surface area contributed by atoms with E-state index in [1.54, 1.807) is 0 Å². The van der Waals surface area contributed by atoms with E-state index >= 15 is 0 Å². The predicted molar refractivity (Wildman–Crippen MR) is 125 cm³/mol. The highest BCUT2D eigenvalue weighted by molar-refractivity contribution is 5.94. The maximum Gasteiger partial charge on any atom is 0.249 e. The van der Waals surface area contributed by atoms with Gasteiger partial charge in [0.25, 0.3) is 0 Å². The van der Waals surface area contributed by atoms with Crippen LogP contribution in [0.3, 0.4) is 0 Å². The summed E-state index contributed by atoms with van der Waals surface area (Å²) in [5.41, 5.74) is 2.55. The molecule has 3 aromatic rings. The first-order chi connectivity index (χ1) is 16.1. The highest BCUT2D eigenvalue weighted by atomic mass is 16.5. The average molecular weight is 449 g/mol. The molecule has 2 amide bonds. The maximum absolute atomic E-state index is 13.0. The van der Waals surface area contributed by atoms with Crippen molar-refractivity contribution in [2.75, 3.05) is 38.7 Å². The largest absolute Gasteiger partial charge is 0.376 e. The van der Waals surface area contributed by atoms with Crippen molar-refractivity contribution < 1.29 is 19.1 Å². The molecule has 8 nitrogen and oxygen atoms in total. The topological polar surface area (TPSA) is 85.7 Å². The van der Waals surface area contributed by atoms with Gasteiger partial charge in [0, 0.05) is 37.7 Å². The summed E-state index contributed by atoms with van der Waals surface area (Å²) in [6, 6.07) is 19.4. The third-order valence-electron chi connectivity index (χ3n) is 5.46. The molecule has 0 saturated carbocycles. The van der Waals surface area contributed by atoms with E-state index in [0.29, 0.717) is 19.1 Å². The molecule has 0 spiro atoms. The van der Waals surface area contributed by atoms with E-state index in [1.807, 2.05) is 71.4 Å². The van der Waals surface area contributed by atoms with Gasteiger partial charge in [0.1, 0.15) is 13.2 Å². The summed E-state index contributed by atoms with van der Waals surface area (Å²) in [5.74, 6) is -0.194. The van der Waals surface area contributed by atoms with Gasteiger partial charge in [-0.15, -0.1) is 0 Å². The van der Waals surface area contributed by atoms with Crippen LogP contribution in [0.25, 0.3) is 16.9 Å². The molecule has 2 aromatic carbocycles. The van der Waals surface area contributed by atoms with Gasteiger partial charge >= 0.3 is 0 Å². The smallest absolute Gasteiger partial charge is 0.249 e. The number of rotatable bonds is 9. The Morgan fingerprint density at radius 3 is 2.55 bits per heavy atom. The van der Waals surface area contributed by atoms with Gasteiger partial charge in [0.15, 0.2) is 0 Å². The molecule has 172 valence electrons. The Labute approximate surface area is 193 Å². The second-order valence-electron chi connectivity index (χ2n) is 7.91. The molecular formula is C25H28N4O4. The lowest BCUT2D eigenvalue weighted by atomic mass is 10.2. The Morgan fingerprint density at radius 2 is 1.88 bits per heavy atom. The van der Waals surface area contributed by atoms with Crippen molar-refractivity contribution in [3.8, 4) is 16.9 Å². The zero-order valence-electron chi connectivity index (χ0n) is 18.6. The van der Waals surface area contributed by atoms with Gasteiger partial charge in [0.05, 0.1) is 11.8 Å². The summed E-state index contributed by atoms with van der Waals surface area (Å²) < 4.78 is 12.5. The highest BCUT2D eigenvalue weighted by Gasteiger charge is 2.25. The minimum atomic E-state index is -0.333. The third kappa shape index (κ3) is 5.85. The summed E-state index contributed by atoms with van der Waals surface area (Å²) >= 11 is 0. The number of benzene rings is 2. The van der Waals surface area contributed by atoms with Crippen LogP contribution in [0.15, 0.2) is 66.9 Å². The number of hydrogen-bond acceptors (Lipinski definition) is 5. The third-order valence-corrected chi connectivity index (χ3v) is 5.46. The van der Waals surface area contributed by atoms with Crippen LogP contribution in [-0.4, -0.2) is 65.8 Å². The molecule has 1 aliphatic heterocycles. The van der Waals surface area contributed by atoms with Crippen LogP contribution < -0.4 is 5.32 Å². The number of aromatic nitrogens is 2. The Kier molecular flexibility index (Phi) is 7.49. The number of para-hydroxylation sites is 1. The van der Waals surface area contributed by atoms with E-state index in [4.69, 9.17) is 9.47 Å². The molecule has 0 aliphatic carbocycles. The Balaban J connectivity index is 1.55. The number of carbonyl (C=O) groups excluding carboxylic acids is 2. The first-order valence-corrected chi connectivity index (χ1v) is 11.0. The van der Waals surface area contributed by atoms with E-state index in [1.165, 1.54) is 12.0 Å². The second kappa shape index (κ2) is 10.9. The number of nitrogens with one attached hydrogen (secondary N) is 1. The van der Waals surface area contributed by atoms with Crippen molar-refractivity contribution in [2.24, 2.45) is 0 Å². The molecule has 0 bridgehead atoms. The normalized spacial score (nSPS) is 15.4. The van der Waals surface area contributed by atoms with Crippen molar-refractivity contribution in [3.63, 3.8) is 0 Å². The monoisotopic (exact) mass is 448 g/mol. The molecule has 4 rings (SSSR count). The SMILES string of the molecule is COCC(=O)N(CC(=O)Nc1nc(-c2ccccc2)cn1-c1ccccc1)CC1CCCO1. The molecule has 8 heteroatoms. The lowest BCUT2D eigenvalue weighted by Crippen LogP contribution is -2.44. The first-order valence-electron chi connectivity index (χ1n) is 11.0. The van der Waals surface area contributed by atoms with Crippen LogP contribution in [0.2, 0.25) is 0 Å². The molecule has 1 aliphatic rings. The summed E-state index contributed by atoms with van der Waals surface area (Å²) in [6.07, 6.45) is 3.66. The minimum absolute atomic E-state index is 0.0606. The number of nitrogens with zero attached hydrogens (tertiary/aromatic N) is 3. The molecular weight excluding hydrogens is 420 g/mol. The molecule has 1 fully saturated rings.